The van der Waals surface area contributed by atoms with Crippen LogP contribution in [0.25, 0.3) is 0 Å². The summed E-state index contributed by atoms with van der Waals surface area (Å²) in [6.07, 6.45) is 1.66. The minimum atomic E-state index is -0.659. The highest BCUT2D eigenvalue weighted by molar-refractivity contribution is 7.10. The highest BCUT2D eigenvalue weighted by Gasteiger charge is 2.32. The van der Waals surface area contributed by atoms with Gasteiger partial charge in [-0.15, -0.1) is 11.3 Å². The van der Waals surface area contributed by atoms with E-state index >= 15 is 0 Å². The fraction of sp³-hybridized carbons (Fsp3) is 0.346. The van der Waals surface area contributed by atoms with E-state index in [1.54, 1.807) is 36.8 Å². The van der Waals surface area contributed by atoms with Crippen LogP contribution in [-0.4, -0.2) is 61.0 Å². The molecular formula is C26H31N5O3S. The molecule has 2 N–H and O–H groups in total. The molecule has 3 heterocycles. The third kappa shape index (κ3) is 6.17. The number of benzene rings is 1. The lowest BCUT2D eigenvalue weighted by atomic mass is 10.0. The molecule has 1 aliphatic heterocycles. The molecule has 0 aliphatic carbocycles. The minimum absolute atomic E-state index is 0.0256. The second-order valence-corrected chi connectivity index (χ2v) is 9.40. The Bertz CT molecular complexity index is 1100. The molecule has 0 bridgehead atoms. The van der Waals surface area contributed by atoms with Crippen LogP contribution in [-0.2, 0) is 16.1 Å². The van der Waals surface area contributed by atoms with Gasteiger partial charge in [0.15, 0.2) is 0 Å². The first-order chi connectivity index (χ1) is 17.1. The van der Waals surface area contributed by atoms with Crippen molar-refractivity contribution >= 4 is 28.8 Å². The summed E-state index contributed by atoms with van der Waals surface area (Å²) >= 11 is 1.66. The Morgan fingerprint density at radius 3 is 2.49 bits per heavy atom. The van der Waals surface area contributed by atoms with Crippen LogP contribution in [0.3, 0.4) is 0 Å². The fourth-order valence-corrected chi connectivity index (χ4v) is 5.40. The number of rotatable bonds is 8. The normalized spacial score (nSPS) is 15.8. The molecule has 4 rings (SSSR count). The van der Waals surface area contributed by atoms with Crippen LogP contribution in [0, 0.1) is 0 Å². The van der Waals surface area contributed by atoms with E-state index in [0.717, 1.165) is 42.5 Å². The number of aromatic nitrogens is 1. The summed E-state index contributed by atoms with van der Waals surface area (Å²) < 4.78 is 5.54. The summed E-state index contributed by atoms with van der Waals surface area (Å²) in [7, 11) is 1.69. The molecule has 0 spiro atoms. The molecule has 2 atom stereocenters. The van der Waals surface area contributed by atoms with Gasteiger partial charge in [-0.2, -0.15) is 0 Å². The van der Waals surface area contributed by atoms with Crippen molar-refractivity contribution in [3.63, 3.8) is 0 Å². The van der Waals surface area contributed by atoms with Gasteiger partial charge in [-0.25, -0.2) is 0 Å². The number of ether oxygens (including phenoxy) is 1. The number of carbonyl (C=O) groups is 2. The zero-order valence-electron chi connectivity index (χ0n) is 20.0. The van der Waals surface area contributed by atoms with Crippen molar-refractivity contribution in [3.8, 4) is 5.75 Å². The van der Waals surface area contributed by atoms with Gasteiger partial charge in [0.1, 0.15) is 5.75 Å². The Morgan fingerprint density at radius 1 is 1.03 bits per heavy atom. The Balaban J connectivity index is 1.38. The van der Waals surface area contributed by atoms with Crippen molar-refractivity contribution in [1.82, 2.24) is 20.5 Å². The molecule has 0 saturated carbocycles. The van der Waals surface area contributed by atoms with Gasteiger partial charge in [-0.3, -0.25) is 19.5 Å². The SMILES string of the molecule is COc1ccccc1N1CCN([C@@H](c2cccs2)[C@@H](C)NC(=O)C(=O)NCc2ccccn2)CC1. The molecule has 2 amide bonds. The smallest absolute Gasteiger partial charge is 0.309 e. The zero-order valence-corrected chi connectivity index (χ0v) is 20.8. The third-order valence-corrected chi connectivity index (χ3v) is 7.11. The molecule has 1 fully saturated rings. The maximum absolute atomic E-state index is 12.7. The van der Waals surface area contributed by atoms with Gasteiger partial charge >= 0.3 is 11.8 Å². The Labute approximate surface area is 209 Å². The standard InChI is InChI=1S/C26H31N5O3S/c1-19(29-26(33)25(32)28-18-20-8-5-6-12-27-20)24(23-11-7-17-35-23)31-15-13-30(14-16-31)21-9-3-4-10-22(21)34-2/h3-12,17,19,24H,13-16,18H2,1-2H3,(H,28,32)(H,29,33)/t19-,24-/m1/s1. The number of hydrogen-bond donors (Lipinski definition) is 2. The monoisotopic (exact) mass is 493 g/mol. The van der Waals surface area contributed by atoms with Crippen LogP contribution in [0.15, 0.2) is 66.2 Å². The Kier molecular flexibility index (Phi) is 8.33. The molecule has 1 aromatic carbocycles. The van der Waals surface area contributed by atoms with Crippen LogP contribution in [0.1, 0.15) is 23.5 Å². The van der Waals surface area contributed by atoms with E-state index in [0.29, 0.717) is 5.69 Å². The van der Waals surface area contributed by atoms with Gasteiger partial charge < -0.3 is 20.3 Å². The maximum Gasteiger partial charge on any atom is 0.309 e. The molecule has 9 heteroatoms. The van der Waals surface area contributed by atoms with Gasteiger partial charge in [-0.05, 0) is 42.6 Å². The minimum Gasteiger partial charge on any atom is -0.495 e. The maximum atomic E-state index is 12.7. The van der Waals surface area contributed by atoms with Crippen LogP contribution < -0.4 is 20.3 Å². The predicted octanol–water partition coefficient (Wildman–Crippen LogP) is 2.84. The number of amides is 2. The first-order valence-corrected chi connectivity index (χ1v) is 12.6. The number of carbonyl (C=O) groups excluding carboxylic acids is 2. The zero-order chi connectivity index (χ0) is 24.6. The number of methoxy groups -OCH3 is 1. The average molecular weight is 494 g/mol. The number of thiophene rings is 1. The Morgan fingerprint density at radius 2 is 1.80 bits per heavy atom. The van der Waals surface area contributed by atoms with Crippen molar-refractivity contribution in [2.24, 2.45) is 0 Å². The molecule has 0 unspecified atom stereocenters. The fourth-order valence-electron chi connectivity index (χ4n) is 4.44. The number of nitrogens with one attached hydrogen (secondary N) is 2. The van der Waals surface area contributed by atoms with E-state index in [9.17, 15) is 9.59 Å². The summed E-state index contributed by atoms with van der Waals surface area (Å²) in [5.74, 6) is -0.427. The van der Waals surface area contributed by atoms with Gasteiger partial charge in [-0.1, -0.05) is 24.3 Å². The highest BCUT2D eigenvalue weighted by Crippen LogP contribution is 2.32. The Hall–Kier alpha value is -3.43. The van der Waals surface area contributed by atoms with Crippen molar-refractivity contribution in [2.45, 2.75) is 25.6 Å². The summed E-state index contributed by atoms with van der Waals surface area (Å²) in [5.41, 5.74) is 1.79. The van der Waals surface area contributed by atoms with Crippen LogP contribution >= 0.6 is 11.3 Å². The van der Waals surface area contributed by atoms with E-state index in [1.807, 2.05) is 42.6 Å². The lowest BCUT2D eigenvalue weighted by molar-refractivity contribution is -0.140. The summed E-state index contributed by atoms with van der Waals surface area (Å²) in [6.45, 7) is 5.50. The number of nitrogens with zero attached hydrogens (tertiary/aromatic N) is 3. The molecule has 184 valence electrons. The van der Waals surface area contributed by atoms with Gasteiger partial charge in [0, 0.05) is 43.3 Å². The van der Waals surface area contributed by atoms with E-state index in [2.05, 4.69) is 37.6 Å². The molecule has 35 heavy (non-hydrogen) atoms. The third-order valence-electron chi connectivity index (χ3n) is 6.16. The van der Waals surface area contributed by atoms with Crippen LogP contribution in [0.4, 0.5) is 5.69 Å². The second-order valence-electron chi connectivity index (χ2n) is 8.42. The molecular weight excluding hydrogens is 462 g/mol. The molecule has 1 saturated heterocycles. The number of piperazine rings is 1. The van der Waals surface area contributed by atoms with Crippen molar-refractivity contribution in [1.29, 1.82) is 0 Å². The molecule has 8 nitrogen and oxygen atoms in total. The van der Waals surface area contributed by atoms with E-state index in [4.69, 9.17) is 4.74 Å². The first kappa shape index (κ1) is 24.7. The van der Waals surface area contributed by atoms with Gasteiger partial charge in [0.2, 0.25) is 0 Å². The van der Waals surface area contributed by atoms with E-state index in [1.165, 1.54) is 0 Å². The first-order valence-electron chi connectivity index (χ1n) is 11.7. The highest BCUT2D eigenvalue weighted by atomic mass is 32.1. The average Bonchev–Trinajstić information content (AvgIpc) is 3.42. The van der Waals surface area contributed by atoms with Crippen molar-refractivity contribution < 1.29 is 14.3 Å². The largest absolute Gasteiger partial charge is 0.495 e. The van der Waals surface area contributed by atoms with Gasteiger partial charge in [0.25, 0.3) is 0 Å². The lowest BCUT2D eigenvalue weighted by Gasteiger charge is -2.42. The summed E-state index contributed by atoms with van der Waals surface area (Å²) in [6, 6.07) is 17.3. The van der Waals surface area contributed by atoms with E-state index < -0.39 is 11.8 Å². The van der Waals surface area contributed by atoms with Crippen molar-refractivity contribution in [3.05, 3.63) is 76.7 Å². The summed E-state index contributed by atoms with van der Waals surface area (Å²) in [4.78, 5) is 35.1. The molecule has 0 radical (unpaired) electrons. The number of pyridine rings is 1. The molecule has 3 aromatic rings. The predicted molar refractivity (Wildman–Crippen MR) is 138 cm³/mol. The number of anilines is 1. The second kappa shape index (κ2) is 11.8. The lowest BCUT2D eigenvalue weighted by Crippen LogP contribution is -2.53. The van der Waals surface area contributed by atoms with Crippen molar-refractivity contribution in [2.75, 3.05) is 38.2 Å². The summed E-state index contributed by atoms with van der Waals surface area (Å²) in [5, 5.41) is 7.62. The van der Waals surface area contributed by atoms with Crippen LogP contribution in [0.5, 0.6) is 5.75 Å². The van der Waals surface area contributed by atoms with Crippen LogP contribution in [0.2, 0.25) is 0 Å². The van der Waals surface area contributed by atoms with Gasteiger partial charge in [0.05, 0.1) is 31.1 Å². The number of para-hydroxylation sites is 2. The molecule has 1 aliphatic rings. The van der Waals surface area contributed by atoms with E-state index in [-0.39, 0.29) is 18.6 Å². The quantitative estimate of drug-likeness (QED) is 0.470. The number of hydrogen-bond acceptors (Lipinski definition) is 7. The topological polar surface area (TPSA) is 86.8 Å². The molecule has 2 aromatic heterocycles.